The number of hydrogen-bond acceptors (Lipinski definition) is 4. The van der Waals surface area contributed by atoms with Gasteiger partial charge in [-0.2, -0.15) is 0 Å². The van der Waals surface area contributed by atoms with Gasteiger partial charge in [-0.15, -0.1) is 0 Å². The van der Waals surface area contributed by atoms with Gasteiger partial charge in [-0.1, -0.05) is 55.8 Å². The summed E-state index contributed by atoms with van der Waals surface area (Å²) in [7, 11) is 1.27. The van der Waals surface area contributed by atoms with Crippen LogP contribution in [0.15, 0.2) is 36.4 Å². The van der Waals surface area contributed by atoms with E-state index in [0.29, 0.717) is 25.9 Å². The standard InChI is InChI=1S/C24H30N2O4/c1-15(2)22(25-24(29)30-4)23(28)26-10-9-20(14-26)21(27)13-17-6-8-18-11-16(3)5-7-19(18)12-17/h5-8,11-12,15,20,22H,9-10,13-14H2,1-4H3,(H,25,29)/t20-,22-/m0/s1. The molecular weight excluding hydrogens is 380 g/mol. The summed E-state index contributed by atoms with van der Waals surface area (Å²) in [5, 5.41) is 4.91. The van der Waals surface area contributed by atoms with E-state index in [1.807, 2.05) is 19.9 Å². The van der Waals surface area contributed by atoms with Gasteiger partial charge < -0.3 is 15.0 Å². The molecule has 0 bridgehead atoms. The molecule has 1 aliphatic rings. The predicted molar refractivity (Wildman–Crippen MR) is 116 cm³/mol. The lowest BCUT2D eigenvalue weighted by molar-refractivity contribution is -0.133. The molecular formula is C24H30N2O4. The fourth-order valence-corrected chi connectivity index (χ4v) is 3.99. The molecule has 1 fully saturated rings. The summed E-state index contributed by atoms with van der Waals surface area (Å²) in [5.41, 5.74) is 2.21. The van der Waals surface area contributed by atoms with Crippen LogP contribution >= 0.6 is 0 Å². The summed E-state index contributed by atoms with van der Waals surface area (Å²) < 4.78 is 4.63. The van der Waals surface area contributed by atoms with Crippen LogP contribution in [0.2, 0.25) is 0 Å². The van der Waals surface area contributed by atoms with Gasteiger partial charge in [-0.05, 0) is 35.6 Å². The van der Waals surface area contributed by atoms with Crippen LogP contribution in [0.3, 0.4) is 0 Å². The van der Waals surface area contributed by atoms with E-state index in [-0.39, 0.29) is 23.5 Å². The van der Waals surface area contributed by atoms with Crippen LogP contribution in [0.25, 0.3) is 10.8 Å². The Morgan fingerprint density at radius 3 is 2.53 bits per heavy atom. The Labute approximate surface area is 177 Å². The highest BCUT2D eigenvalue weighted by Crippen LogP contribution is 2.23. The molecule has 160 valence electrons. The van der Waals surface area contributed by atoms with Gasteiger partial charge in [-0.3, -0.25) is 9.59 Å². The van der Waals surface area contributed by atoms with Gasteiger partial charge in [0.05, 0.1) is 7.11 Å². The Morgan fingerprint density at radius 1 is 1.13 bits per heavy atom. The average molecular weight is 411 g/mol. The number of nitrogens with one attached hydrogen (secondary N) is 1. The fraction of sp³-hybridized carbons (Fsp3) is 0.458. The van der Waals surface area contributed by atoms with E-state index in [1.165, 1.54) is 18.1 Å². The zero-order valence-corrected chi connectivity index (χ0v) is 18.1. The molecule has 6 heteroatoms. The molecule has 2 aromatic rings. The fourth-order valence-electron chi connectivity index (χ4n) is 3.99. The van der Waals surface area contributed by atoms with Crippen molar-refractivity contribution < 1.29 is 19.1 Å². The summed E-state index contributed by atoms with van der Waals surface area (Å²) in [4.78, 5) is 39.0. The highest BCUT2D eigenvalue weighted by Gasteiger charge is 2.35. The first-order chi connectivity index (χ1) is 14.3. The third-order valence-electron chi connectivity index (χ3n) is 5.79. The van der Waals surface area contributed by atoms with E-state index >= 15 is 0 Å². The molecule has 0 spiro atoms. The summed E-state index contributed by atoms with van der Waals surface area (Å²) in [6.45, 7) is 6.74. The predicted octanol–water partition coefficient (Wildman–Crippen LogP) is 3.49. The second-order valence-corrected chi connectivity index (χ2v) is 8.46. The van der Waals surface area contributed by atoms with Gasteiger partial charge in [0.2, 0.25) is 5.91 Å². The van der Waals surface area contributed by atoms with Crippen LogP contribution in [-0.2, 0) is 20.7 Å². The van der Waals surface area contributed by atoms with Gasteiger partial charge in [0.1, 0.15) is 11.8 Å². The van der Waals surface area contributed by atoms with Crippen LogP contribution in [-0.4, -0.2) is 48.9 Å². The maximum Gasteiger partial charge on any atom is 0.407 e. The number of methoxy groups -OCH3 is 1. The number of carbonyl (C=O) groups is 3. The van der Waals surface area contributed by atoms with E-state index in [2.05, 4.69) is 47.3 Å². The minimum absolute atomic E-state index is 0.0763. The number of benzene rings is 2. The van der Waals surface area contributed by atoms with Crippen LogP contribution in [0, 0.1) is 18.8 Å². The highest BCUT2D eigenvalue weighted by atomic mass is 16.5. The zero-order chi connectivity index (χ0) is 21.8. The molecule has 6 nitrogen and oxygen atoms in total. The first kappa shape index (κ1) is 21.8. The molecule has 1 heterocycles. The molecule has 0 radical (unpaired) electrons. The number of Topliss-reactive ketones (excluding diaryl/α,β-unsaturated/α-hetero) is 1. The molecule has 1 saturated heterocycles. The summed E-state index contributed by atoms with van der Waals surface area (Å²) in [6, 6.07) is 11.8. The number of amides is 2. The third kappa shape index (κ3) is 4.99. The lowest BCUT2D eigenvalue weighted by atomic mass is 9.95. The number of likely N-dealkylation sites (tertiary alicyclic amines) is 1. The van der Waals surface area contributed by atoms with Crippen molar-refractivity contribution in [3.05, 3.63) is 47.5 Å². The largest absolute Gasteiger partial charge is 0.453 e. The summed E-state index contributed by atoms with van der Waals surface area (Å²) in [6.07, 6.45) is 0.394. The van der Waals surface area contributed by atoms with Crippen molar-refractivity contribution in [3.63, 3.8) is 0 Å². The average Bonchev–Trinajstić information content (AvgIpc) is 3.21. The SMILES string of the molecule is COC(=O)N[C@H](C(=O)N1CC[C@H](C(=O)Cc2ccc3cc(C)ccc3c2)C1)C(C)C. The van der Waals surface area contributed by atoms with E-state index < -0.39 is 12.1 Å². The topological polar surface area (TPSA) is 75.7 Å². The highest BCUT2D eigenvalue weighted by molar-refractivity contribution is 5.90. The molecule has 30 heavy (non-hydrogen) atoms. The quantitative estimate of drug-likeness (QED) is 0.791. The monoisotopic (exact) mass is 410 g/mol. The second-order valence-electron chi connectivity index (χ2n) is 8.46. The van der Waals surface area contributed by atoms with Crippen molar-refractivity contribution in [2.24, 2.45) is 11.8 Å². The van der Waals surface area contributed by atoms with Gasteiger partial charge in [-0.25, -0.2) is 4.79 Å². The van der Waals surface area contributed by atoms with Gasteiger partial charge >= 0.3 is 6.09 Å². The molecule has 0 aromatic heterocycles. The van der Waals surface area contributed by atoms with Crippen molar-refractivity contribution in [3.8, 4) is 0 Å². The maximum absolute atomic E-state index is 12.9. The second kappa shape index (κ2) is 9.28. The maximum atomic E-state index is 12.9. The molecule has 2 atom stereocenters. The number of hydrogen-bond donors (Lipinski definition) is 1. The Bertz CT molecular complexity index is 953. The first-order valence-electron chi connectivity index (χ1n) is 10.4. The molecule has 3 rings (SSSR count). The number of ketones is 1. The summed E-state index contributed by atoms with van der Waals surface area (Å²) >= 11 is 0. The Hall–Kier alpha value is -2.89. The molecule has 2 amide bonds. The molecule has 1 aliphatic heterocycles. The lowest BCUT2D eigenvalue weighted by Crippen LogP contribution is -2.50. The number of fused-ring (bicyclic) bond motifs is 1. The number of ether oxygens (including phenoxy) is 1. The van der Waals surface area contributed by atoms with Crippen molar-refractivity contribution in [1.82, 2.24) is 10.2 Å². The zero-order valence-electron chi connectivity index (χ0n) is 18.1. The van der Waals surface area contributed by atoms with Gasteiger partial charge in [0.15, 0.2) is 0 Å². The molecule has 0 saturated carbocycles. The number of rotatable bonds is 6. The molecule has 0 unspecified atom stereocenters. The minimum Gasteiger partial charge on any atom is -0.453 e. The number of alkyl carbamates (subject to hydrolysis) is 1. The van der Waals surface area contributed by atoms with Gasteiger partial charge in [0, 0.05) is 25.4 Å². The Balaban J connectivity index is 1.62. The smallest absolute Gasteiger partial charge is 0.407 e. The van der Waals surface area contributed by atoms with E-state index in [9.17, 15) is 14.4 Å². The number of nitrogens with zero attached hydrogens (tertiary/aromatic N) is 1. The van der Waals surface area contributed by atoms with E-state index in [1.54, 1.807) is 4.90 Å². The lowest BCUT2D eigenvalue weighted by Gasteiger charge is -2.26. The van der Waals surface area contributed by atoms with Crippen molar-refractivity contribution >= 4 is 28.6 Å². The van der Waals surface area contributed by atoms with Crippen molar-refractivity contribution in [2.75, 3.05) is 20.2 Å². The normalized spacial score (nSPS) is 17.2. The Morgan fingerprint density at radius 2 is 1.83 bits per heavy atom. The third-order valence-corrected chi connectivity index (χ3v) is 5.79. The van der Waals surface area contributed by atoms with Crippen LogP contribution in [0.1, 0.15) is 31.4 Å². The van der Waals surface area contributed by atoms with Crippen LogP contribution < -0.4 is 5.32 Å². The molecule has 0 aliphatic carbocycles. The van der Waals surface area contributed by atoms with E-state index in [0.717, 1.165) is 10.9 Å². The van der Waals surface area contributed by atoms with Gasteiger partial charge in [0.25, 0.3) is 0 Å². The molecule has 1 N–H and O–H groups in total. The number of aryl methyl sites for hydroxylation is 1. The summed E-state index contributed by atoms with van der Waals surface area (Å²) in [5.74, 6) is -0.258. The Kier molecular flexibility index (Phi) is 6.75. The van der Waals surface area contributed by atoms with Crippen molar-refractivity contribution in [1.29, 1.82) is 0 Å². The van der Waals surface area contributed by atoms with Crippen molar-refractivity contribution in [2.45, 2.75) is 39.7 Å². The minimum atomic E-state index is -0.657. The number of carbonyl (C=O) groups excluding carboxylic acids is 3. The first-order valence-corrected chi connectivity index (χ1v) is 10.4. The van der Waals surface area contributed by atoms with Crippen LogP contribution in [0.5, 0.6) is 0 Å². The van der Waals surface area contributed by atoms with Crippen LogP contribution in [0.4, 0.5) is 4.79 Å². The van der Waals surface area contributed by atoms with E-state index in [4.69, 9.17) is 0 Å². The molecule has 2 aromatic carbocycles.